The van der Waals surface area contributed by atoms with E-state index < -0.39 is 0 Å². The third-order valence-electron chi connectivity index (χ3n) is 4.77. The summed E-state index contributed by atoms with van der Waals surface area (Å²) >= 11 is 0. The largest absolute Gasteiger partial charge is 0.336 e. The van der Waals surface area contributed by atoms with Crippen molar-refractivity contribution in [1.82, 2.24) is 4.90 Å². The van der Waals surface area contributed by atoms with Crippen LogP contribution >= 0.6 is 0 Å². The monoisotopic (exact) mass is 339 g/mol. The first kappa shape index (κ1) is 17.3. The molecular formula is C21H22FNO2. The van der Waals surface area contributed by atoms with Crippen LogP contribution < -0.4 is 0 Å². The molecule has 0 spiro atoms. The second kappa shape index (κ2) is 7.60. The maximum absolute atomic E-state index is 13.1. The Kier molecular flexibility index (Phi) is 5.27. The molecule has 1 heterocycles. The van der Waals surface area contributed by atoms with Gasteiger partial charge in [0.15, 0.2) is 5.78 Å². The molecule has 1 amide bonds. The molecule has 2 aromatic carbocycles. The molecule has 0 radical (unpaired) electrons. The van der Waals surface area contributed by atoms with Crippen LogP contribution in [0.4, 0.5) is 4.39 Å². The van der Waals surface area contributed by atoms with Crippen LogP contribution in [0.5, 0.6) is 0 Å². The van der Waals surface area contributed by atoms with Crippen molar-refractivity contribution in [2.45, 2.75) is 38.6 Å². The predicted octanol–water partition coefficient (Wildman–Crippen LogP) is 4.46. The number of amides is 1. The molecule has 0 saturated carbocycles. The lowest BCUT2D eigenvalue weighted by Gasteiger charge is -2.25. The molecule has 1 saturated heterocycles. The second-order valence-corrected chi connectivity index (χ2v) is 6.59. The second-order valence-electron chi connectivity index (χ2n) is 6.59. The Morgan fingerprint density at radius 2 is 1.72 bits per heavy atom. The SMILES string of the molecule is Cc1ccc(C(=O)CCC(=O)N2CCCC2c2ccc(F)cc2)cc1. The van der Waals surface area contributed by atoms with E-state index in [-0.39, 0.29) is 36.4 Å². The van der Waals surface area contributed by atoms with Crippen molar-refractivity contribution in [2.24, 2.45) is 0 Å². The van der Waals surface area contributed by atoms with Crippen LogP contribution in [0.2, 0.25) is 0 Å². The molecule has 3 nitrogen and oxygen atoms in total. The fourth-order valence-corrected chi connectivity index (χ4v) is 3.34. The van der Waals surface area contributed by atoms with E-state index in [9.17, 15) is 14.0 Å². The molecule has 130 valence electrons. The van der Waals surface area contributed by atoms with Gasteiger partial charge in [-0.2, -0.15) is 0 Å². The van der Waals surface area contributed by atoms with E-state index in [1.165, 1.54) is 12.1 Å². The number of likely N-dealkylation sites (tertiary alicyclic amines) is 1. The minimum atomic E-state index is -0.275. The molecule has 0 bridgehead atoms. The number of halogens is 1. The van der Waals surface area contributed by atoms with Gasteiger partial charge in [0, 0.05) is 24.9 Å². The molecule has 1 unspecified atom stereocenters. The van der Waals surface area contributed by atoms with Crippen molar-refractivity contribution in [1.29, 1.82) is 0 Å². The van der Waals surface area contributed by atoms with E-state index in [0.29, 0.717) is 12.1 Å². The highest BCUT2D eigenvalue weighted by atomic mass is 19.1. The third kappa shape index (κ3) is 4.13. The van der Waals surface area contributed by atoms with E-state index in [1.807, 2.05) is 24.0 Å². The summed E-state index contributed by atoms with van der Waals surface area (Å²) in [5.41, 5.74) is 2.71. The molecule has 0 aliphatic carbocycles. The van der Waals surface area contributed by atoms with Crippen LogP contribution in [-0.4, -0.2) is 23.1 Å². The van der Waals surface area contributed by atoms with Crippen molar-refractivity contribution in [2.75, 3.05) is 6.54 Å². The van der Waals surface area contributed by atoms with Crippen LogP contribution in [0.1, 0.15) is 53.2 Å². The predicted molar refractivity (Wildman–Crippen MR) is 94.8 cm³/mol. The quantitative estimate of drug-likeness (QED) is 0.754. The fraction of sp³-hybridized carbons (Fsp3) is 0.333. The molecular weight excluding hydrogens is 317 g/mol. The zero-order valence-electron chi connectivity index (χ0n) is 14.4. The Morgan fingerprint density at radius 1 is 1.04 bits per heavy atom. The minimum Gasteiger partial charge on any atom is -0.336 e. The number of carbonyl (C=O) groups excluding carboxylic acids is 2. The van der Waals surface area contributed by atoms with Crippen molar-refractivity contribution in [3.63, 3.8) is 0 Å². The first-order chi connectivity index (χ1) is 12.0. The molecule has 1 aliphatic heterocycles. The Morgan fingerprint density at radius 3 is 2.40 bits per heavy atom. The van der Waals surface area contributed by atoms with Gasteiger partial charge in [0.2, 0.25) is 5.91 Å². The Labute approximate surface area is 147 Å². The maximum Gasteiger partial charge on any atom is 0.223 e. The van der Waals surface area contributed by atoms with Crippen LogP contribution in [0.15, 0.2) is 48.5 Å². The Bertz CT molecular complexity index is 752. The van der Waals surface area contributed by atoms with Gasteiger partial charge in [-0.25, -0.2) is 4.39 Å². The number of Topliss-reactive ketones (excluding diaryl/α,β-unsaturated/α-hetero) is 1. The summed E-state index contributed by atoms with van der Waals surface area (Å²) in [6.07, 6.45) is 2.24. The molecule has 1 atom stereocenters. The highest BCUT2D eigenvalue weighted by Crippen LogP contribution is 2.32. The first-order valence-electron chi connectivity index (χ1n) is 8.69. The first-order valence-corrected chi connectivity index (χ1v) is 8.69. The summed E-state index contributed by atoms with van der Waals surface area (Å²) in [4.78, 5) is 26.7. The third-order valence-corrected chi connectivity index (χ3v) is 4.77. The molecule has 4 heteroatoms. The molecule has 0 N–H and O–H groups in total. The number of hydrogen-bond donors (Lipinski definition) is 0. The van der Waals surface area contributed by atoms with Crippen LogP contribution in [-0.2, 0) is 4.79 Å². The Hall–Kier alpha value is -2.49. The van der Waals surface area contributed by atoms with Crippen molar-refractivity contribution in [3.05, 3.63) is 71.0 Å². The summed E-state index contributed by atoms with van der Waals surface area (Å²) in [5, 5.41) is 0. The van der Waals surface area contributed by atoms with Crippen LogP contribution in [0.3, 0.4) is 0 Å². The van der Waals surface area contributed by atoms with Gasteiger partial charge >= 0.3 is 0 Å². The van der Waals surface area contributed by atoms with Gasteiger partial charge in [0.1, 0.15) is 5.82 Å². The smallest absolute Gasteiger partial charge is 0.223 e. The summed E-state index contributed by atoms with van der Waals surface area (Å²) in [6, 6.07) is 13.7. The minimum absolute atomic E-state index is 0.00714. The summed E-state index contributed by atoms with van der Waals surface area (Å²) < 4.78 is 13.1. The lowest BCUT2D eigenvalue weighted by Crippen LogP contribution is -2.30. The summed E-state index contributed by atoms with van der Waals surface area (Å²) in [7, 11) is 0. The summed E-state index contributed by atoms with van der Waals surface area (Å²) in [6.45, 7) is 2.67. The van der Waals surface area contributed by atoms with E-state index in [2.05, 4.69) is 0 Å². The Balaban J connectivity index is 1.61. The van der Waals surface area contributed by atoms with Crippen molar-refractivity contribution < 1.29 is 14.0 Å². The highest BCUT2D eigenvalue weighted by Gasteiger charge is 2.29. The molecule has 0 aromatic heterocycles. The molecule has 1 fully saturated rings. The number of aryl methyl sites for hydroxylation is 1. The lowest BCUT2D eigenvalue weighted by molar-refractivity contribution is -0.132. The van der Waals surface area contributed by atoms with E-state index in [0.717, 1.165) is 24.0 Å². The number of ketones is 1. The fourth-order valence-electron chi connectivity index (χ4n) is 3.34. The summed E-state index contributed by atoms with van der Waals surface area (Å²) in [5.74, 6) is -0.290. The number of benzene rings is 2. The number of hydrogen-bond acceptors (Lipinski definition) is 2. The van der Waals surface area contributed by atoms with Gasteiger partial charge in [-0.1, -0.05) is 42.0 Å². The van der Waals surface area contributed by atoms with Gasteiger partial charge in [-0.3, -0.25) is 9.59 Å². The number of rotatable bonds is 5. The highest BCUT2D eigenvalue weighted by molar-refractivity contribution is 5.98. The molecule has 25 heavy (non-hydrogen) atoms. The standard InChI is InChI=1S/C21H22FNO2/c1-15-4-6-17(7-5-15)20(24)12-13-21(25)23-14-2-3-19(23)16-8-10-18(22)11-9-16/h4-11,19H,2-3,12-14H2,1H3. The molecule has 1 aliphatic rings. The van der Waals surface area contributed by atoms with Gasteiger partial charge in [0.25, 0.3) is 0 Å². The van der Waals surface area contributed by atoms with Crippen molar-refractivity contribution >= 4 is 11.7 Å². The average molecular weight is 339 g/mol. The number of carbonyl (C=O) groups is 2. The average Bonchev–Trinajstić information content (AvgIpc) is 3.10. The topological polar surface area (TPSA) is 37.4 Å². The van der Waals surface area contributed by atoms with Gasteiger partial charge in [0.05, 0.1) is 6.04 Å². The van der Waals surface area contributed by atoms with Gasteiger partial charge < -0.3 is 4.90 Å². The van der Waals surface area contributed by atoms with E-state index in [1.54, 1.807) is 24.3 Å². The van der Waals surface area contributed by atoms with Gasteiger partial charge in [-0.15, -0.1) is 0 Å². The molecule has 2 aromatic rings. The van der Waals surface area contributed by atoms with Crippen LogP contribution in [0, 0.1) is 12.7 Å². The van der Waals surface area contributed by atoms with E-state index in [4.69, 9.17) is 0 Å². The van der Waals surface area contributed by atoms with Crippen molar-refractivity contribution in [3.8, 4) is 0 Å². The zero-order chi connectivity index (χ0) is 17.8. The van der Waals surface area contributed by atoms with Crippen LogP contribution in [0.25, 0.3) is 0 Å². The normalized spacial score (nSPS) is 16.9. The maximum atomic E-state index is 13.1. The zero-order valence-corrected chi connectivity index (χ0v) is 14.4. The van der Waals surface area contributed by atoms with E-state index >= 15 is 0 Å². The van der Waals surface area contributed by atoms with Gasteiger partial charge in [-0.05, 0) is 37.5 Å². The molecule has 3 rings (SSSR count). The lowest BCUT2D eigenvalue weighted by atomic mass is 10.0. The number of nitrogens with zero attached hydrogens (tertiary/aromatic N) is 1.